The summed E-state index contributed by atoms with van der Waals surface area (Å²) < 4.78 is 0. The third-order valence-corrected chi connectivity index (χ3v) is 3.07. The molecule has 0 atom stereocenters. The first kappa shape index (κ1) is 10.0. The second-order valence-corrected chi connectivity index (χ2v) is 4.82. The minimum atomic E-state index is -0.0366. The number of amides is 1. The maximum Gasteiger partial charge on any atom is 0.251 e. The molecule has 1 aromatic rings. The van der Waals surface area contributed by atoms with Crippen LogP contribution in [0.15, 0.2) is 12.1 Å². The summed E-state index contributed by atoms with van der Waals surface area (Å²) in [6.07, 6.45) is 0. The maximum absolute atomic E-state index is 11.7. The molecule has 3 N–H and O–H groups in total. The molecule has 0 radical (unpaired) electrons. The van der Waals surface area contributed by atoms with Gasteiger partial charge in [0, 0.05) is 23.2 Å². The fourth-order valence-corrected chi connectivity index (χ4v) is 1.96. The van der Waals surface area contributed by atoms with E-state index in [1.165, 1.54) is 0 Å². The monoisotopic (exact) mass is 204 g/mol. The van der Waals surface area contributed by atoms with Crippen LogP contribution in [0.4, 0.5) is 5.69 Å². The normalized spacial score (nSPS) is 18.2. The van der Waals surface area contributed by atoms with Gasteiger partial charge >= 0.3 is 0 Å². The van der Waals surface area contributed by atoms with Gasteiger partial charge in [0.05, 0.1) is 0 Å². The summed E-state index contributed by atoms with van der Waals surface area (Å²) >= 11 is 0. The van der Waals surface area contributed by atoms with Crippen LogP contribution in [-0.2, 0) is 5.41 Å². The van der Waals surface area contributed by atoms with Crippen LogP contribution >= 0.6 is 0 Å². The first-order chi connectivity index (χ1) is 6.92. The van der Waals surface area contributed by atoms with Crippen LogP contribution in [0.25, 0.3) is 0 Å². The smallest absolute Gasteiger partial charge is 0.251 e. The van der Waals surface area contributed by atoms with E-state index in [1.807, 2.05) is 19.1 Å². The molecule has 0 fully saturated rings. The van der Waals surface area contributed by atoms with Crippen molar-refractivity contribution in [1.82, 2.24) is 5.32 Å². The van der Waals surface area contributed by atoms with Gasteiger partial charge in [0.15, 0.2) is 0 Å². The molecule has 1 aromatic carbocycles. The van der Waals surface area contributed by atoms with E-state index in [0.717, 1.165) is 22.4 Å². The molecule has 0 aliphatic carbocycles. The Kier molecular flexibility index (Phi) is 2.00. The molecule has 0 saturated heterocycles. The van der Waals surface area contributed by atoms with E-state index in [1.54, 1.807) is 0 Å². The van der Waals surface area contributed by atoms with Crippen molar-refractivity contribution in [3.8, 4) is 0 Å². The topological polar surface area (TPSA) is 55.1 Å². The van der Waals surface area contributed by atoms with Gasteiger partial charge in [0.1, 0.15) is 0 Å². The summed E-state index contributed by atoms with van der Waals surface area (Å²) in [7, 11) is 0. The first-order valence-corrected chi connectivity index (χ1v) is 5.10. The van der Waals surface area contributed by atoms with Gasteiger partial charge in [-0.3, -0.25) is 4.79 Å². The van der Waals surface area contributed by atoms with Crippen molar-refractivity contribution in [2.45, 2.75) is 26.2 Å². The predicted molar refractivity (Wildman–Crippen MR) is 61.0 cm³/mol. The van der Waals surface area contributed by atoms with Crippen molar-refractivity contribution in [2.75, 3.05) is 12.3 Å². The Balaban J connectivity index is 2.68. The van der Waals surface area contributed by atoms with E-state index in [-0.39, 0.29) is 11.3 Å². The van der Waals surface area contributed by atoms with E-state index < -0.39 is 0 Å². The summed E-state index contributed by atoms with van der Waals surface area (Å²) in [4.78, 5) is 11.7. The number of fused-ring (bicyclic) bond motifs is 1. The molecule has 0 spiro atoms. The molecular weight excluding hydrogens is 188 g/mol. The molecule has 2 rings (SSSR count). The zero-order valence-corrected chi connectivity index (χ0v) is 9.35. The van der Waals surface area contributed by atoms with Crippen LogP contribution in [0.1, 0.15) is 35.3 Å². The van der Waals surface area contributed by atoms with Crippen LogP contribution in [-0.4, -0.2) is 12.5 Å². The Bertz CT molecular complexity index is 435. The lowest BCUT2D eigenvalue weighted by Gasteiger charge is -2.33. The van der Waals surface area contributed by atoms with E-state index >= 15 is 0 Å². The number of nitrogen functional groups attached to an aromatic ring is 1. The maximum atomic E-state index is 11.7. The summed E-state index contributed by atoms with van der Waals surface area (Å²) in [5.41, 5.74) is 9.37. The number of hydrogen-bond acceptors (Lipinski definition) is 2. The van der Waals surface area contributed by atoms with E-state index in [4.69, 9.17) is 5.73 Å². The van der Waals surface area contributed by atoms with Gasteiger partial charge in [0.2, 0.25) is 0 Å². The second kappa shape index (κ2) is 2.99. The van der Waals surface area contributed by atoms with Gasteiger partial charge in [0.25, 0.3) is 5.91 Å². The van der Waals surface area contributed by atoms with Crippen molar-refractivity contribution >= 4 is 11.6 Å². The third-order valence-electron chi connectivity index (χ3n) is 3.07. The fourth-order valence-electron chi connectivity index (χ4n) is 1.96. The summed E-state index contributed by atoms with van der Waals surface area (Å²) in [6.45, 7) is 6.81. The average molecular weight is 204 g/mol. The van der Waals surface area contributed by atoms with E-state index in [0.29, 0.717) is 6.54 Å². The van der Waals surface area contributed by atoms with Crippen molar-refractivity contribution in [3.63, 3.8) is 0 Å². The molecule has 0 unspecified atom stereocenters. The van der Waals surface area contributed by atoms with Crippen molar-refractivity contribution in [3.05, 3.63) is 28.8 Å². The predicted octanol–water partition coefficient (Wildman–Crippen LogP) is 1.60. The van der Waals surface area contributed by atoms with Crippen LogP contribution in [0.3, 0.4) is 0 Å². The van der Waals surface area contributed by atoms with Crippen LogP contribution < -0.4 is 11.1 Å². The number of benzene rings is 1. The van der Waals surface area contributed by atoms with Crippen molar-refractivity contribution in [2.24, 2.45) is 0 Å². The summed E-state index contributed by atoms with van der Waals surface area (Å²) in [5, 5.41) is 2.90. The zero-order valence-electron chi connectivity index (χ0n) is 9.35. The Morgan fingerprint density at radius 2 is 2.07 bits per heavy atom. The Labute approximate surface area is 89.7 Å². The Morgan fingerprint density at radius 1 is 1.40 bits per heavy atom. The highest BCUT2D eigenvalue weighted by Gasteiger charge is 2.31. The molecule has 0 aromatic heterocycles. The molecule has 80 valence electrons. The van der Waals surface area contributed by atoms with Gasteiger partial charge in [-0.05, 0) is 30.2 Å². The average Bonchev–Trinajstić information content (AvgIpc) is 2.16. The zero-order chi connectivity index (χ0) is 11.2. The molecule has 0 bridgehead atoms. The molecule has 1 amide bonds. The third kappa shape index (κ3) is 1.48. The Hall–Kier alpha value is -1.51. The SMILES string of the molecule is Cc1cc2c(cc1N)C(C)(C)CNC2=O. The van der Waals surface area contributed by atoms with Gasteiger partial charge in [-0.1, -0.05) is 13.8 Å². The highest BCUT2D eigenvalue weighted by Crippen LogP contribution is 2.32. The number of rotatable bonds is 0. The minimum absolute atomic E-state index is 0.00688. The lowest BCUT2D eigenvalue weighted by Crippen LogP contribution is -2.43. The fraction of sp³-hybridized carbons (Fsp3) is 0.417. The summed E-state index contributed by atoms with van der Waals surface area (Å²) in [6, 6.07) is 3.81. The largest absolute Gasteiger partial charge is 0.399 e. The molecule has 1 aliphatic rings. The van der Waals surface area contributed by atoms with Gasteiger partial charge in [-0.15, -0.1) is 0 Å². The Morgan fingerprint density at radius 3 is 2.73 bits per heavy atom. The quantitative estimate of drug-likeness (QED) is 0.631. The number of nitrogens with two attached hydrogens (primary N) is 1. The standard InChI is InChI=1S/C12H16N2O/c1-7-4-8-9(5-10(7)13)12(2,3)6-14-11(8)15/h4-5H,6,13H2,1-3H3,(H,14,15). The van der Waals surface area contributed by atoms with E-state index in [2.05, 4.69) is 19.2 Å². The lowest BCUT2D eigenvalue weighted by molar-refractivity contribution is 0.0930. The molecule has 15 heavy (non-hydrogen) atoms. The van der Waals surface area contributed by atoms with Crippen LogP contribution in [0.5, 0.6) is 0 Å². The number of hydrogen-bond donors (Lipinski definition) is 2. The van der Waals surface area contributed by atoms with Crippen LogP contribution in [0.2, 0.25) is 0 Å². The molecule has 3 nitrogen and oxygen atoms in total. The highest BCUT2D eigenvalue weighted by atomic mass is 16.1. The number of carbonyl (C=O) groups excluding carboxylic acids is 1. The van der Waals surface area contributed by atoms with Crippen LogP contribution in [0, 0.1) is 6.92 Å². The second-order valence-electron chi connectivity index (χ2n) is 4.82. The lowest BCUT2D eigenvalue weighted by atomic mass is 9.78. The number of carbonyl (C=O) groups is 1. The number of nitrogens with one attached hydrogen (secondary N) is 1. The molecular formula is C12H16N2O. The molecule has 1 heterocycles. The minimum Gasteiger partial charge on any atom is -0.399 e. The van der Waals surface area contributed by atoms with Crippen molar-refractivity contribution in [1.29, 1.82) is 0 Å². The molecule has 0 saturated carbocycles. The number of aryl methyl sites for hydroxylation is 1. The van der Waals surface area contributed by atoms with Gasteiger partial charge in [-0.2, -0.15) is 0 Å². The van der Waals surface area contributed by atoms with Gasteiger partial charge < -0.3 is 11.1 Å². The highest BCUT2D eigenvalue weighted by molar-refractivity contribution is 5.98. The summed E-state index contributed by atoms with van der Waals surface area (Å²) in [5.74, 6) is 0.00688. The molecule has 1 aliphatic heterocycles. The number of anilines is 1. The van der Waals surface area contributed by atoms with Gasteiger partial charge in [-0.25, -0.2) is 0 Å². The van der Waals surface area contributed by atoms with E-state index in [9.17, 15) is 4.79 Å². The first-order valence-electron chi connectivity index (χ1n) is 5.10. The van der Waals surface area contributed by atoms with Crippen molar-refractivity contribution < 1.29 is 4.79 Å². The molecule has 3 heteroatoms.